The minimum atomic E-state index is -0.925. The summed E-state index contributed by atoms with van der Waals surface area (Å²) < 4.78 is 5.16. The molecule has 2 N–H and O–H groups in total. The molecule has 18 heavy (non-hydrogen) atoms. The summed E-state index contributed by atoms with van der Waals surface area (Å²) in [5.41, 5.74) is 1.11. The lowest BCUT2D eigenvalue weighted by Crippen LogP contribution is -2.20. The first-order chi connectivity index (χ1) is 8.66. The van der Waals surface area contributed by atoms with E-state index in [2.05, 4.69) is 17.1 Å². The standard InChI is InChI=1S/C13H15NO3S/c1-9(13(15)16)17-6-7-18-12-8-10-4-2-3-5-11(10)14-12/h2-5,8-9,14H,6-7H2,1H3,(H,15,16). The van der Waals surface area contributed by atoms with Gasteiger partial charge in [-0.1, -0.05) is 18.2 Å². The van der Waals surface area contributed by atoms with Crippen LogP contribution in [0.25, 0.3) is 10.9 Å². The van der Waals surface area contributed by atoms with Crippen molar-refractivity contribution in [3.05, 3.63) is 30.3 Å². The predicted molar refractivity (Wildman–Crippen MR) is 72.1 cm³/mol. The Hall–Kier alpha value is -1.46. The van der Waals surface area contributed by atoms with E-state index in [4.69, 9.17) is 9.84 Å². The quantitative estimate of drug-likeness (QED) is 0.622. The van der Waals surface area contributed by atoms with E-state index in [0.29, 0.717) is 6.61 Å². The Morgan fingerprint density at radius 1 is 1.50 bits per heavy atom. The smallest absolute Gasteiger partial charge is 0.332 e. The zero-order chi connectivity index (χ0) is 13.0. The van der Waals surface area contributed by atoms with E-state index in [1.807, 2.05) is 18.2 Å². The molecule has 2 rings (SSSR count). The lowest BCUT2D eigenvalue weighted by Gasteiger charge is -2.07. The lowest BCUT2D eigenvalue weighted by atomic mass is 10.3. The van der Waals surface area contributed by atoms with E-state index in [-0.39, 0.29) is 0 Å². The van der Waals surface area contributed by atoms with Crippen molar-refractivity contribution in [1.29, 1.82) is 0 Å². The van der Waals surface area contributed by atoms with Crippen molar-refractivity contribution in [3.63, 3.8) is 0 Å². The first kappa shape index (κ1) is 13.0. The van der Waals surface area contributed by atoms with Gasteiger partial charge in [-0.2, -0.15) is 0 Å². The maximum absolute atomic E-state index is 10.5. The van der Waals surface area contributed by atoms with Crippen molar-refractivity contribution in [3.8, 4) is 0 Å². The van der Waals surface area contributed by atoms with Gasteiger partial charge >= 0.3 is 5.97 Å². The van der Waals surface area contributed by atoms with Crippen molar-refractivity contribution in [2.45, 2.75) is 18.1 Å². The minimum absolute atomic E-state index is 0.424. The molecule has 0 saturated carbocycles. The molecule has 2 aromatic rings. The molecule has 0 fully saturated rings. The number of H-pyrrole nitrogens is 1. The Morgan fingerprint density at radius 3 is 3.00 bits per heavy atom. The highest BCUT2D eigenvalue weighted by Gasteiger charge is 2.10. The van der Waals surface area contributed by atoms with Crippen LogP contribution in [-0.4, -0.2) is 34.5 Å². The van der Waals surface area contributed by atoms with Gasteiger partial charge < -0.3 is 14.8 Å². The van der Waals surface area contributed by atoms with Crippen LogP contribution in [0.2, 0.25) is 0 Å². The largest absolute Gasteiger partial charge is 0.479 e. The maximum Gasteiger partial charge on any atom is 0.332 e. The highest BCUT2D eigenvalue weighted by Crippen LogP contribution is 2.22. The second-order valence-corrected chi connectivity index (χ2v) is 5.06. The second-order valence-electron chi connectivity index (χ2n) is 3.92. The molecule has 5 heteroatoms. The first-order valence-corrected chi connectivity index (χ1v) is 6.70. The normalized spacial score (nSPS) is 12.7. The van der Waals surface area contributed by atoms with Gasteiger partial charge in [0.1, 0.15) is 0 Å². The summed E-state index contributed by atoms with van der Waals surface area (Å²) in [4.78, 5) is 13.8. The van der Waals surface area contributed by atoms with Crippen LogP contribution < -0.4 is 0 Å². The summed E-state index contributed by atoms with van der Waals surface area (Å²) in [6, 6.07) is 10.2. The molecule has 4 nitrogen and oxygen atoms in total. The molecule has 1 atom stereocenters. The van der Waals surface area contributed by atoms with Gasteiger partial charge in [0.05, 0.1) is 11.6 Å². The zero-order valence-electron chi connectivity index (χ0n) is 10.1. The summed E-state index contributed by atoms with van der Waals surface area (Å²) in [6.45, 7) is 1.96. The second kappa shape index (κ2) is 5.93. The van der Waals surface area contributed by atoms with E-state index in [1.54, 1.807) is 11.8 Å². The molecule has 0 aliphatic heterocycles. The summed E-state index contributed by atoms with van der Waals surface area (Å²) >= 11 is 1.63. The number of carboxylic acid groups (broad SMARTS) is 1. The number of aliphatic carboxylic acids is 1. The van der Waals surface area contributed by atoms with Crippen molar-refractivity contribution >= 4 is 28.6 Å². The van der Waals surface area contributed by atoms with Gasteiger partial charge in [-0.05, 0) is 19.1 Å². The number of para-hydroxylation sites is 1. The number of carboxylic acids is 1. The Balaban J connectivity index is 1.81. The van der Waals surface area contributed by atoms with Crippen LogP contribution in [0.3, 0.4) is 0 Å². The van der Waals surface area contributed by atoms with Crippen LogP contribution in [0.4, 0.5) is 0 Å². The summed E-state index contributed by atoms with van der Waals surface area (Å²) in [5.74, 6) is -0.199. The van der Waals surface area contributed by atoms with Gasteiger partial charge in [0.15, 0.2) is 6.10 Å². The van der Waals surface area contributed by atoms with Gasteiger partial charge in [0.2, 0.25) is 0 Å². The molecule has 0 aliphatic rings. The Labute approximate surface area is 109 Å². The number of nitrogens with one attached hydrogen (secondary N) is 1. The molecule has 1 unspecified atom stereocenters. The monoisotopic (exact) mass is 265 g/mol. The number of aromatic amines is 1. The summed E-state index contributed by atoms with van der Waals surface area (Å²) in [6.07, 6.45) is -0.742. The third-order valence-corrected chi connectivity index (χ3v) is 3.46. The maximum atomic E-state index is 10.5. The molecule has 0 saturated heterocycles. The number of thioether (sulfide) groups is 1. The van der Waals surface area contributed by atoms with Gasteiger partial charge in [0, 0.05) is 16.7 Å². The number of hydrogen-bond acceptors (Lipinski definition) is 3. The van der Waals surface area contributed by atoms with Gasteiger partial charge in [-0.15, -0.1) is 11.8 Å². The molecule has 0 radical (unpaired) electrons. The summed E-state index contributed by atoms with van der Waals surface area (Å²) in [5, 5.41) is 10.9. The molecular weight excluding hydrogens is 250 g/mol. The van der Waals surface area contributed by atoms with E-state index >= 15 is 0 Å². The van der Waals surface area contributed by atoms with Crippen molar-refractivity contribution in [1.82, 2.24) is 4.98 Å². The van der Waals surface area contributed by atoms with Crippen molar-refractivity contribution < 1.29 is 14.6 Å². The SMILES string of the molecule is CC(OCCSc1cc2ccccc2[nH]1)C(=O)O. The zero-order valence-corrected chi connectivity index (χ0v) is 10.9. The Morgan fingerprint density at radius 2 is 2.28 bits per heavy atom. The van der Waals surface area contributed by atoms with Crippen LogP contribution in [0.1, 0.15) is 6.92 Å². The topological polar surface area (TPSA) is 62.3 Å². The van der Waals surface area contributed by atoms with Gasteiger partial charge in [-0.25, -0.2) is 4.79 Å². The van der Waals surface area contributed by atoms with Crippen LogP contribution in [0, 0.1) is 0 Å². The Kier molecular flexibility index (Phi) is 4.28. The highest BCUT2D eigenvalue weighted by atomic mass is 32.2. The van der Waals surface area contributed by atoms with Crippen molar-refractivity contribution in [2.24, 2.45) is 0 Å². The molecular formula is C13H15NO3S. The van der Waals surface area contributed by atoms with Crippen LogP contribution in [-0.2, 0) is 9.53 Å². The number of hydrogen-bond donors (Lipinski definition) is 2. The fourth-order valence-corrected chi connectivity index (χ4v) is 2.36. The molecule has 1 aromatic heterocycles. The predicted octanol–water partition coefficient (Wildman–Crippen LogP) is 2.75. The third-order valence-electron chi connectivity index (χ3n) is 2.56. The highest BCUT2D eigenvalue weighted by molar-refractivity contribution is 7.99. The molecule has 0 bridgehead atoms. The van der Waals surface area contributed by atoms with Crippen LogP contribution in [0.5, 0.6) is 0 Å². The number of benzene rings is 1. The van der Waals surface area contributed by atoms with Crippen molar-refractivity contribution in [2.75, 3.05) is 12.4 Å². The number of fused-ring (bicyclic) bond motifs is 1. The van der Waals surface area contributed by atoms with E-state index < -0.39 is 12.1 Å². The van der Waals surface area contributed by atoms with Crippen LogP contribution >= 0.6 is 11.8 Å². The fourth-order valence-electron chi connectivity index (χ4n) is 1.57. The lowest BCUT2D eigenvalue weighted by molar-refractivity contribution is -0.148. The third kappa shape index (κ3) is 3.27. The molecule has 96 valence electrons. The Bertz CT molecular complexity index is 505. The average molecular weight is 265 g/mol. The minimum Gasteiger partial charge on any atom is -0.479 e. The van der Waals surface area contributed by atoms with E-state index in [9.17, 15) is 4.79 Å². The molecule has 1 heterocycles. The van der Waals surface area contributed by atoms with Crippen LogP contribution in [0.15, 0.2) is 35.4 Å². The number of rotatable bonds is 6. The number of carbonyl (C=O) groups is 1. The average Bonchev–Trinajstić information content (AvgIpc) is 2.76. The molecule has 0 aliphatic carbocycles. The van der Waals surface area contributed by atoms with E-state index in [0.717, 1.165) is 16.3 Å². The first-order valence-electron chi connectivity index (χ1n) is 5.72. The number of ether oxygens (including phenoxy) is 1. The fraction of sp³-hybridized carbons (Fsp3) is 0.308. The molecule has 0 spiro atoms. The summed E-state index contributed by atoms with van der Waals surface area (Å²) in [7, 11) is 0. The van der Waals surface area contributed by atoms with Gasteiger partial charge in [0.25, 0.3) is 0 Å². The van der Waals surface area contributed by atoms with Gasteiger partial charge in [-0.3, -0.25) is 0 Å². The van der Waals surface area contributed by atoms with E-state index in [1.165, 1.54) is 12.3 Å². The molecule has 1 aromatic carbocycles. The molecule has 0 amide bonds. The number of aromatic nitrogens is 1.